The van der Waals surface area contributed by atoms with Gasteiger partial charge in [0.15, 0.2) is 5.92 Å². The molecule has 4 amide bonds. The third-order valence-electron chi connectivity index (χ3n) is 4.54. The monoisotopic (exact) mass is 412 g/mol. The number of halogens is 3. The third kappa shape index (κ3) is 4.98. The van der Waals surface area contributed by atoms with Gasteiger partial charge in [0.2, 0.25) is 5.91 Å². The lowest BCUT2D eigenvalue weighted by Crippen LogP contribution is -2.58. The number of nitrogens with zero attached hydrogens (tertiary/aromatic N) is 3. The van der Waals surface area contributed by atoms with Gasteiger partial charge >= 0.3 is 12.2 Å². The Balaban J connectivity index is 1.71. The van der Waals surface area contributed by atoms with Crippen LogP contribution in [0.25, 0.3) is 0 Å². The first-order valence-electron chi connectivity index (χ1n) is 8.93. The third-order valence-corrected chi connectivity index (χ3v) is 4.54. The smallest absolute Gasteiger partial charge is 0.379 e. The maximum absolute atomic E-state index is 12.9. The molecule has 11 heteroatoms. The number of urea groups is 1. The lowest BCUT2D eigenvalue weighted by molar-refractivity contribution is -0.138. The molecule has 156 valence electrons. The van der Waals surface area contributed by atoms with Crippen LogP contribution in [-0.2, 0) is 20.5 Å². The fraction of sp³-hybridized carbons (Fsp3) is 0.444. The van der Waals surface area contributed by atoms with E-state index in [-0.39, 0.29) is 5.69 Å². The van der Waals surface area contributed by atoms with E-state index in [0.717, 1.165) is 31.4 Å². The van der Waals surface area contributed by atoms with Gasteiger partial charge in [-0.3, -0.25) is 24.8 Å². The molecule has 1 aromatic carbocycles. The number of aliphatic imine (C=N–C) groups is 1. The second-order valence-electron chi connectivity index (χ2n) is 6.50. The van der Waals surface area contributed by atoms with Crippen molar-refractivity contribution in [1.29, 1.82) is 0 Å². The number of nitrogens with one attached hydrogen (secondary N) is 1. The summed E-state index contributed by atoms with van der Waals surface area (Å²) in [6.45, 7) is 3.71. The average Bonchev–Trinajstić information content (AvgIpc) is 2.67. The van der Waals surface area contributed by atoms with Gasteiger partial charge in [0, 0.05) is 25.8 Å². The topological polar surface area (TPSA) is 91.3 Å². The average molecular weight is 412 g/mol. The number of morpholine rings is 1. The van der Waals surface area contributed by atoms with E-state index in [1.165, 1.54) is 6.07 Å². The summed E-state index contributed by atoms with van der Waals surface area (Å²) in [6, 6.07) is 2.68. The summed E-state index contributed by atoms with van der Waals surface area (Å²) in [4.78, 5) is 43.5. The summed E-state index contributed by atoms with van der Waals surface area (Å²) < 4.78 is 44.0. The molecule has 2 saturated heterocycles. The lowest BCUT2D eigenvalue weighted by Gasteiger charge is -2.29. The molecular weight excluding hydrogens is 393 g/mol. The van der Waals surface area contributed by atoms with Crippen LogP contribution in [0, 0.1) is 5.92 Å². The number of hydrogen-bond acceptors (Lipinski definition) is 6. The number of alkyl halides is 3. The minimum atomic E-state index is -4.64. The Hall–Kier alpha value is -2.79. The van der Waals surface area contributed by atoms with Crippen molar-refractivity contribution < 1.29 is 32.3 Å². The van der Waals surface area contributed by atoms with E-state index in [2.05, 4.69) is 9.89 Å². The molecule has 1 N–H and O–H groups in total. The van der Waals surface area contributed by atoms with E-state index in [1.54, 1.807) is 0 Å². The van der Waals surface area contributed by atoms with Crippen molar-refractivity contribution in [2.24, 2.45) is 10.9 Å². The van der Waals surface area contributed by atoms with E-state index in [0.29, 0.717) is 37.3 Å². The zero-order valence-electron chi connectivity index (χ0n) is 15.3. The molecule has 2 fully saturated rings. The van der Waals surface area contributed by atoms with Gasteiger partial charge < -0.3 is 4.74 Å². The molecule has 0 bridgehead atoms. The highest BCUT2D eigenvalue weighted by Gasteiger charge is 2.41. The summed E-state index contributed by atoms with van der Waals surface area (Å²) >= 11 is 0. The summed E-state index contributed by atoms with van der Waals surface area (Å²) in [7, 11) is 0. The van der Waals surface area contributed by atoms with Crippen molar-refractivity contribution in [3.05, 3.63) is 29.8 Å². The van der Waals surface area contributed by atoms with Gasteiger partial charge in [0.25, 0.3) is 5.91 Å². The molecule has 0 unspecified atom stereocenters. The molecule has 8 nitrogen and oxygen atoms in total. The first kappa shape index (κ1) is 20.9. The fourth-order valence-electron chi connectivity index (χ4n) is 2.99. The Bertz CT molecular complexity index is 822. The molecular formula is C18H19F3N4O4. The molecule has 2 aliphatic rings. The van der Waals surface area contributed by atoms with Crippen LogP contribution in [0.3, 0.4) is 0 Å². The van der Waals surface area contributed by atoms with Crippen molar-refractivity contribution in [2.75, 3.05) is 44.3 Å². The number of rotatable bonds is 5. The molecule has 0 spiro atoms. The molecule has 0 saturated carbocycles. The molecule has 1 aromatic rings. The number of barbiturate groups is 1. The van der Waals surface area contributed by atoms with Crippen LogP contribution < -0.4 is 10.2 Å². The Morgan fingerprint density at radius 3 is 2.62 bits per heavy atom. The SMILES string of the molecule is O=C1NC(=O)N(c2cccc(C(F)(F)F)c2)C(=O)[C@H]1C=NCCN1CCOCC1. The van der Waals surface area contributed by atoms with Crippen molar-refractivity contribution in [2.45, 2.75) is 6.18 Å². The first-order chi connectivity index (χ1) is 13.8. The van der Waals surface area contributed by atoms with Crippen LogP contribution in [0.2, 0.25) is 0 Å². The van der Waals surface area contributed by atoms with Gasteiger partial charge in [0.1, 0.15) is 0 Å². The van der Waals surface area contributed by atoms with Crippen LogP contribution in [0.1, 0.15) is 5.56 Å². The Kier molecular flexibility index (Phi) is 6.28. The number of carbonyl (C=O) groups is 3. The van der Waals surface area contributed by atoms with Crippen molar-refractivity contribution in [1.82, 2.24) is 10.2 Å². The minimum absolute atomic E-state index is 0.276. The number of benzene rings is 1. The van der Waals surface area contributed by atoms with Crippen LogP contribution >= 0.6 is 0 Å². The summed E-state index contributed by atoms with van der Waals surface area (Å²) in [5.74, 6) is -3.21. The van der Waals surface area contributed by atoms with Crippen molar-refractivity contribution in [3.8, 4) is 0 Å². The van der Waals surface area contributed by atoms with Crippen LogP contribution in [0.4, 0.5) is 23.7 Å². The fourth-order valence-corrected chi connectivity index (χ4v) is 2.99. The molecule has 29 heavy (non-hydrogen) atoms. The highest BCUT2D eigenvalue weighted by molar-refractivity contribution is 6.32. The van der Waals surface area contributed by atoms with E-state index < -0.39 is 35.5 Å². The lowest BCUT2D eigenvalue weighted by atomic mass is 10.1. The number of imide groups is 2. The number of amides is 4. The molecule has 1 atom stereocenters. The molecule has 3 rings (SSSR count). The minimum Gasteiger partial charge on any atom is -0.379 e. The molecule has 0 aliphatic carbocycles. The van der Waals surface area contributed by atoms with Crippen LogP contribution in [0.15, 0.2) is 29.3 Å². The maximum Gasteiger partial charge on any atom is 0.416 e. The zero-order valence-corrected chi connectivity index (χ0v) is 15.3. The predicted octanol–water partition coefficient (Wildman–Crippen LogP) is 1.31. The Morgan fingerprint density at radius 2 is 1.93 bits per heavy atom. The van der Waals surface area contributed by atoms with Gasteiger partial charge in [-0.15, -0.1) is 0 Å². The Labute approximate surface area is 164 Å². The maximum atomic E-state index is 12.9. The van der Waals surface area contributed by atoms with Gasteiger partial charge in [-0.25, -0.2) is 9.69 Å². The highest BCUT2D eigenvalue weighted by atomic mass is 19.4. The van der Waals surface area contributed by atoms with Crippen LogP contribution in [0.5, 0.6) is 0 Å². The summed E-state index contributed by atoms with van der Waals surface area (Å²) in [5.41, 5.74) is -1.29. The molecule has 0 aromatic heterocycles. The molecule has 2 aliphatic heterocycles. The number of anilines is 1. The standard InChI is InChI=1S/C18H19F3N4O4/c19-18(20,21)12-2-1-3-13(10-12)25-16(27)14(15(26)23-17(25)28)11-22-4-5-24-6-8-29-9-7-24/h1-3,10-11,14H,4-9H2,(H,23,26,28)/t14-/m0/s1. The van der Waals surface area contributed by atoms with Gasteiger partial charge in [-0.1, -0.05) is 6.07 Å². The number of ether oxygens (including phenoxy) is 1. The molecule has 2 heterocycles. The quantitative estimate of drug-likeness (QED) is 0.582. The van der Waals surface area contributed by atoms with Crippen molar-refractivity contribution in [3.63, 3.8) is 0 Å². The zero-order chi connectivity index (χ0) is 21.0. The number of hydrogen-bond donors (Lipinski definition) is 1. The first-order valence-corrected chi connectivity index (χ1v) is 8.93. The Morgan fingerprint density at radius 1 is 1.21 bits per heavy atom. The van der Waals surface area contributed by atoms with Crippen LogP contribution in [-0.4, -0.2) is 68.4 Å². The predicted molar refractivity (Wildman–Crippen MR) is 96.6 cm³/mol. The van der Waals surface area contributed by atoms with Gasteiger partial charge in [-0.2, -0.15) is 13.2 Å². The second kappa shape index (κ2) is 8.70. The van der Waals surface area contributed by atoms with E-state index in [4.69, 9.17) is 4.74 Å². The summed E-state index contributed by atoms with van der Waals surface area (Å²) in [6.07, 6.45) is -3.51. The van der Waals surface area contributed by atoms with Gasteiger partial charge in [-0.05, 0) is 18.2 Å². The summed E-state index contributed by atoms with van der Waals surface area (Å²) in [5, 5.41) is 1.98. The highest BCUT2D eigenvalue weighted by Crippen LogP contribution is 2.32. The molecule has 0 radical (unpaired) electrons. The normalized spacial score (nSPS) is 21.7. The van der Waals surface area contributed by atoms with Gasteiger partial charge in [0.05, 0.1) is 31.0 Å². The van der Waals surface area contributed by atoms with Crippen molar-refractivity contribution >= 4 is 29.7 Å². The number of carbonyl (C=O) groups excluding carboxylic acids is 3. The van der Waals surface area contributed by atoms with E-state index >= 15 is 0 Å². The second-order valence-corrected chi connectivity index (χ2v) is 6.50. The van der Waals surface area contributed by atoms with E-state index in [1.807, 2.05) is 5.32 Å². The van der Waals surface area contributed by atoms with E-state index in [9.17, 15) is 27.6 Å². The largest absolute Gasteiger partial charge is 0.416 e.